The number of amides is 2. The fourth-order valence-electron chi connectivity index (χ4n) is 1.94. The van der Waals surface area contributed by atoms with Crippen molar-refractivity contribution >= 4 is 12.0 Å². The van der Waals surface area contributed by atoms with E-state index in [0.717, 1.165) is 12.8 Å². The summed E-state index contributed by atoms with van der Waals surface area (Å²) in [5.41, 5.74) is -0.964. The minimum atomic E-state index is -0.964. The Balaban J connectivity index is 2.47. The van der Waals surface area contributed by atoms with E-state index in [1.807, 2.05) is 0 Å². The summed E-state index contributed by atoms with van der Waals surface area (Å²) in [7, 11) is 1.58. The van der Waals surface area contributed by atoms with Crippen molar-refractivity contribution in [3.8, 4) is 0 Å². The van der Waals surface area contributed by atoms with Crippen molar-refractivity contribution in [3.05, 3.63) is 0 Å². The summed E-state index contributed by atoms with van der Waals surface area (Å²) in [6.07, 6.45) is 1.88. The second-order valence-corrected chi connectivity index (χ2v) is 5.66. The van der Waals surface area contributed by atoms with Crippen molar-refractivity contribution in [2.24, 2.45) is 5.92 Å². The highest BCUT2D eigenvalue weighted by Gasteiger charge is 2.34. The molecular weight excluding hydrogens is 236 g/mol. The Morgan fingerprint density at radius 3 is 2.39 bits per heavy atom. The van der Waals surface area contributed by atoms with Gasteiger partial charge in [0, 0.05) is 13.1 Å². The molecule has 0 heterocycles. The van der Waals surface area contributed by atoms with Gasteiger partial charge in [-0.15, -0.1) is 0 Å². The summed E-state index contributed by atoms with van der Waals surface area (Å²) in [6.45, 7) is 3.43. The molecule has 1 fully saturated rings. The zero-order chi connectivity index (χ0) is 13.9. The maximum atomic E-state index is 11.9. The highest BCUT2D eigenvalue weighted by molar-refractivity contribution is 5.76. The fraction of sp³-hybridized carbons (Fsp3) is 0.833. The van der Waals surface area contributed by atoms with Crippen LogP contribution in [0.25, 0.3) is 0 Å². The third kappa shape index (κ3) is 5.35. The molecule has 6 nitrogen and oxygen atoms in total. The molecule has 6 heteroatoms. The van der Waals surface area contributed by atoms with Crippen molar-refractivity contribution in [2.45, 2.75) is 44.8 Å². The van der Waals surface area contributed by atoms with E-state index in [-0.39, 0.29) is 31.0 Å². The molecule has 1 aliphatic carbocycles. The van der Waals surface area contributed by atoms with Gasteiger partial charge in [0.25, 0.3) is 0 Å². The summed E-state index contributed by atoms with van der Waals surface area (Å²) in [4.78, 5) is 23.9. The summed E-state index contributed by atoms with van der Waals surface area (Å²) in [5, 5.41) is 21.1. The molecule has 0 radical (unpaired) electrons. The molecule has 0 bridgehead atoms. The SMILES string of the molecule is CN(CC(C)(C)O)C(=O)NC(CC(=O)O)C1CC1. The van der Waals surface area contributed by atoms with Crippen LogP contribution in [0.2, 0.25) is 0 Å². The third-order valence-electron chi connectivity index (χ3n) is 2.87. The fourth-order valence-corrected chi connectivity index (χ4v) is 1.94. The number of carboxylic acids is 1. The molecule has 0 aromatic heterocycles. The van der Waals surface area contributed by atoms with E-state index in [9.17, 15) is 14.7 Å². The normalized spacial score (nSPS) is 17.1. The number of nitrogens with one attached hydrogen (secondary N) is 1. The summed E-state index contributed by atoms with van der Waals surface area (Å²) >= 11 is 0. The Labute approximate surface area is 107 Å². The minimum absolute atomic E-state index is 0.0488. The molecule has 0 spiro atoms. The van der Waals surface area contributed by atoms with Gasteiger partial charge in [-0.1, -0.05) is 0 Å². The van der Waals surface area contributed by atoms with Gasteiger partial charge in [0.05, 0.1) is 18.6 Å². The predicted molar refractivity (Wildman–Crippen MR) is 66.2 cm³/mol. The van der Waals surface area contributed by atoms with Crippen molar-refractivity contribution < 1.29 is 19.8 Å². The second-order valence-electron chi connectivity index (χ2n) is 5.66. The summed E-state index contributed by atoms with van der Waals surface area (Å²) < 4.78 is 0. The van der Waals surface area contributed by atoms with Gasteiger partial charge in [-0.3, -0.25) is 4.79 Å². The van der Waals surface area contributed by atoms with E-state index >= 15 is 0 Å². The number of carbonyl (C=O) groups excluding carboxylic acids is 1. The quantitative estimate of drug-likeness (QED) is 0.652. The van der Waals surface area contributed by atoms with Crippen molar-refractivity contribution in [2.75, 3.05) is 13.6 Å². The van der Waals surface area contributed by atoms with Gasteiger partial charge in [0.2, 0.25) is 0 Å². The van der Waals surface area contributed by atoms with Crippen LogP contribution < -0.4 is 5.32 Å². The van der Waals surface area contributed by atoms with E-state index in [2.05, 4.69) is 5.32 Å². The summed E-state index contributed by atoms with van der Waals surface area (Å²) in [5.74, 6) is -0.627. The van der Waals surface area contributed by atoms with Crippen LogP contribution in [0.3, 0.4) is 0 Å². The molecule has 0 saturated heterocycles. The Morgan fingerprint density at radius 2 is 2.00 bits per heavy atom. The number of hydrogen-bond acceptors (Lipinski definition) is 3. The number of hydrogen-bond donors (Lipinski definition) is 3. The van der Waals surface area contributed by atoms with Crippen LogP contribution >= 0.6 is 0 Å². The molecule has 1 atom stereocenters. The standard InChI is InChI=1S/C12H22N2O4/c1-12(2,18)7-14(3)11(17)13-9(6-10(15)16)8-4-5-8/h8-9,18H,4-7H2,1-3H3,(H,13,17)(H,15,16). The van der Waals surface area contributed by atoms with Gasteiger partial charge in [0.1, 0.15) is 0 Å². The number of urea groups is 1. The number of aliphatic carboxylic acids is 1. The molecule has 104 valence electrons. The van der Waals surface area contributed by atoms with Crippen molar-refractivity contribution in [3.63, 3.8) is 0 Å². The Kier molecular flexibility index (Phi) is 4.56. The molecule has 3 N–H and O–H groups in total. The largest absolute Gasteiger partial charge is 0.481 e. The number of likely N-dealkylation sites (N-methyl/N-ethyl adjacent to an activating group) is 1. The van der Waals surface area contributed by atoms with E-state index in [4.69, 9.17) is 5.11 Å². The molecule has 0 aliphatic heterocycles. The summed E-state index contributed by atoms with van der Waals surface area (Å²) in [6, 6.07) is -0.644. The molecule has 1 rings (SSSR count). The lowest BCUT2D eigenvalue weighted by molar-refractivity contribution is -0.137. The second kappa shape index (κ2) is 5.56. The van der Waals surface area contributed by atoms with Crippen molar-refractivity contribution in [1.82, 2.24) is 10.2 Å². The van der Waals surface area contributed by atoms with Gasteiger partial charge in [-0.05, 0) is 32.6 Å². The van der Waals surface area contributed by atoms with Crippen LogP contribution in [0.15, 0.2) is 0 Å². The molecule has 1 unspecified atom stereocenters. The number of carbonyl (C=O) groups is 2. The van der Waals surface area contributed by atoms with E-state index in [0.29, 0.717) is 0 Å². The van der Waals surface area contributed by atoms with E-state index in [1.54, 1.807) is 20.9 Å². The van der Waals surface area contributed by atoms with Gasteiger partial charge in [-0.25, -0.2) is 4.79 Å². The average Bonchev–Trinajstić information content (AvgIpc) is 2.95. The van der Waals surface area contributed by atoms with Crippen molar-refractivity contribution in [1.29, 1.82) is 0 Å². The molecule has 2 amide bonds. The number of aliphatic hydroxyl groups is 1. The molecule has 1 saturated carbocycles. The number of carboxylic acid groups (broad SMARTS) is 1. The van der Waals surface area contributed by atoms with Crippen LogP contribution in [0.4, 0.5) is 4.79 Å². The maximum Gasteiger partial charge on any atom is 0.317 e. The van der Waals surface area contributed by atoms with Gasteiger partial charge in [0.15, 0.2) is 0 Å². The Bertz CT molecular complexity index is 321. The van der Waals surface area contributed by atoms with E-state index < -0.39 is 11.6 Å². The van der Waals surface area contributed by atoms with Gasteiger partial charge in [-0.2, -0.15) is 0 Å². The first-order chi connectivity index (χ1) is 8.19. The van der Waals surface area contributed by atoms with Crippen LogP contribution in [0, 0.1) is 5.92 Å². The molecule has 0 aromatic carbocycles. The lowest BCUT2D eigenvalue weighted by atomic mass is 10.1. The van der Waals surface area contributed by atoms with Crippen LogP contribution in [-0.4, -0.2) is 52.3 Å². The zero-order valence-corrected chi connectivity index (χ0v) is 11.1. The number of nitrogens with zero attached hydrogens (tertiary/aromatic N) is 1. The lowest BCUT2D eigenvalue weighted by Gasteiger charge is -2.27. The zero-order valence-electron chi connectivity index (χ0n) is 11.1. The smallest absolute Gasteiger partial charge is 0.317 e. The third-order valence-corrected chi connectivity index (χ3v) is 2.87. The average molecular weight is 258 g/mol. The first-order valence-electron chi connectivity index (χ1n) is 6.15. The topological polar surface area (TPSA) is 89.9 Å². The molecule has 18 heavy (non-hydrogen) atoms. The van der Waals surface area contributed by atoms with Crippen LogP contribution in [0.1, 0.15) is 33.1 Å². The minimum Gasteiger partial charge on any atom is -0.481 e. The monoisotopic (exact) mass is 258 g/mol. The highest BCUT2D eigenvalue weighted by Crippen LogP contribution is 2.34. The van der Waals surface area contributed by atoms with Gasteiger partial charge < -0.3 is 20.4 Å². The molecular formula is C12H22N2O4. The van der Waals surface area contributed by atoms with Gasteiger partial charge >= 0.3 is 12.0 Å². The highest BCUT2D eigenvalue weighted by atomic mass is 16.4. The van der Waals surface area contributed by atoms with E-state index in [1.165, 1.54) is 4.90 Å². The molecule has 1 aliphatic rings. The maximum absolute atomic E-state index is 11.9. The molecule has 0 aromatic rings. The van der Waals surface area contributed by atoms with Crippen LogP contribution in [-0.2, 0) is 4.79 Å². The lowest BCUT2D eigenvalue weighted by Crippen LogP contribution is -2.48. The Hall–Kier alpha value is -1.30. The Morgan fingerprint density at radius 1 is 1.44 bits per heavy atom. The predicted octanol–water partition coefficient (Wildman–Crippen LogP) is 0.652. The first kappa shape index (κ1) is 14.8. The number of rotatable bonds is 6. The van der Waals surface area contributed by atoms with Crippen LogP contribution in [0.5, 0.6) is 0 Å². The first-order valence-corrected chi connectivity index (χ1v) is 6.15.